The molecule has 84 valence electrons. The van der Waals surface area contributed by atoms with Crippen LogP contribution in [0.3, 0.4) is 0 Å². The molecule has 0 aliphatic carbocycles. The molecule has 1 aromatic heterocycles. The molecular weight excluding hydrogens is 228 g/mol. The summed E-state index contributed by atoms with van der Waals surface area (Å²) in [6.45, 7) is 1.69. The Kier molecular flexibility index (Phi) is 3.08. The zero-order chi connectivity index (χ0) is 11.5. The minimum atomic E-state index is -0.915. The number of carboxylic acids is 1. The SMILES string of the molecule is N#CC1CN(c2ccc(C(=O)O)s2)CCO1. The number of aromatic carboxylic acids is 1. The monoisotopic (exact) mass is 238 g/mol. The molecule has 0 radical (unpaired) electrons. The van der Waals surface area contributed by atoms with Gasteiger partial charge in [0.1, 0.15) is 4.88 Å². The van der Waals surface area contributed by atoms with Gasteiger partial charge in [-0.2, -0.15) is 5.26 Å². The first-order valence-electron chi connectivity index (χ1n) is 4.80. The van der Waals surface area contributed by atoms with Gasteiger partial charge in [-0.3, -0.25) is 0 Å². The van der Waals surface area contributed by atoms with Gasteiger partial charge in [-0.25, -0.2) is 4.79 Å². The van der Waals surface area contributed by atoms with Gasteiger partial charge in [-0.15, -0.1) is 11.3 Å². The average Bonchev–Trinajstić information content (AvgIpc) is 2.78. The molecule has 16 heavy (non-hydrogen) atoms. The Morgan fingerprint density at radius 2 is 2.50 bits per heavy atom. The molecule has 0 amide bonds. The van der Waals surface area contributed by atoms with Crippen LogP contribution in [-0.4, -0.2) is 36.9 Å². The lowest BCUT2D eigenvalue weighted by molar-refractivity contribution is 0.0702. The van der Waals surface area contributed by atoms with Crippen molar-refractivity contribution >= 4 is 22.3 Å². The highest BCUT2D eigenvalue weighted by Crippen LogP contribution is 2.27. The van der Waals surface area contributed by atoms with Gasteiger partial charge in [0.15, 0.2) is 6.10 Å². The minimum Gasteiger partial charge on any atom is -0.477 e. The van der Waals surface area contributed by atoms with E-state index in [1.807, 2.05) is 4.90 Å². The number of anilines is 1. The first-order chi connectivity index (χ1) is 7.70. The van der Waals surface area contributed by atoms with E-state index in [0.29, 0.717) is 24.6 Å². The second-order valence-electron chi connectivity index (χ2n) is 3.38. The van der Waals surface area contributed by atoms with E-state index in [4.69, 9.17) is 15.1 Å². The number of ether oxygens (including phenoxy) is 1. The molecule has 5 nitrogen and oxygen atoms in total. The normalized spacial score (nSPS) is 20.4. The third kappa shape index (κ3) is 2.15. The molecule has 1 N–H and O–H groups in total. The Balaban J connectivity index is 2.11. The average molecular weight is 238 g/mol. The van der Waals surface area contributed by atoms with E-state index in [1.165, 1.54) is 11.3 Å². The van der Waals surface area contributed by atoms with E-state index in [-0.39, 0.29) is 0 Å². The number of nitrogens with zero attached hydrogens (tertiary/aromatic N) is 2. The van der Waals surface area contributed by atoms with Crippen molar-refractivity contribution in [3.8, 4) is 6.07 Å². The van der Waals surface area contributed by atoms with Gasteiger partial charge in [0, 0.05) is 6.54 Å². The van der Waals surface area contributed by atoms with Gasteiger partial charge in [0.2, 0.25) is 0 Å². The third-order valence-electron chi connectivity index (χ3n) is 2.32. The maximum Gasteiger partial charge on any atom is 0.345 e. The fraction of sp³-hybridized carbons (Fsp3) is 0.400. The minimum absolute atomic E-state index is 0.315. The summed E-state index contributed by atoms with van der Waals surface area (Å²) in [7, 11) is 0. The molecule has 1 saturated heterocycles. The van der Waals surface area contributed by atoms with Gasteiger partial charge in [0.05, 0.1) is 24.2 Å². The molecular formula is C10H10N2O3S. The summed E-state index contributed by atoms with van der Waals surface area (Å²) in [6.07, 6.45) is -0.427. The number of rotatable bonds is 2. The summed E-state index contributed by atoms with van der Waals surface area (Å²) in [5.74, 6) is -0.915. The predicted octanol–water partition coefficient (Wildman–Crippen LogP) is 1.18. The Hall–Kier alpha value is -1.58. The van der Waals surface area contributed by atoms with E-state index >= 15 is 0 Å². The van der Waals surface area contributed by atoms with Crippen LogP contribution in [0.4, 0.5) is 5.00 Å². The van der Waals surface area contributed by atoms with Crippen molar-refractivity contribution < 1.29 is 14.6 Å². The van der Waals surface area contributed by atoms with Gasteiger partial charge in [0.25, 0.3) is 0 Å². The molecule has 1 aromatic rings. The molecule has 1 aliphatic rings. The number of hydrogen-bond donors (Lipinski definition) is 1. The quantitative estimate of drug-likeness (QED) is 0.837. The standard InChI is InChI=1S/C10H10N2O3S/c11-5-7-6-12(3-4-15-7)9-2-1-8(16-9)10(13)14/h1-2,7H,3-4,6H2,(H,13,14). The van der Waals surface area contributed by atoms with Crippen LogP contribution in [-0.2, 0) is 4.74 Å². The highest BCUT2D eigenvalue weighted by molar-refractivity contribution is 7.17. The zero-order valence-corrected chi connectivity index (χ0v) is 9.24. The summed E-state index contributed by atoms with van der Waals surface area (Å²) < 4.78 is 5.22. The Bertz CT molecular complexity index is 438. The van der Waals surface area contributed by atoms with E-state index < -0.39 is 12.1 Å². The number of hydrogen-bond acceptors (Lipinski definition) is 5. The van der Waals surface area contributed by atoms with Gasteiger partial charge >= 0.3 is 5.97 Å². The van der Waals surface area contributed by atoms with Crippen molar-refractivity contribution in [3.63, 3.8) is 0 Å². The molecule has 1 fully saturated rings. The number of thiophene rings is 1. The molecule has 1 unspecified atom stereocenters. The van der Waals surface area contributed by atoms with E-state index in [1.54, 1.807) is 12.1 Å². The Morgan fingerprint density at radius 1 is 1.69 bits per heavy atom. The summed E-state index contributed by atoms with van der Waals surface area (Å²) in [5, 5.41) is 18.4. The summed E-state index contributed by atoms with van der Waals surface area (Å²) in [5.41, 5.74) is 0. The maximum atomic E-state index is 10.7. The zero-order valence-electron chi connectivity index (χ0n) is 8.42. The van der Waals surface area contributed by atoms with E-state index in [9.17, 15) is 4.79 Å². The van der Waals surface area contributed by atoms with Crippen LogP contribution in [0.1, 0.15) is 9.67 Å². The highest BCUT2D eigenvalue weighted by atomic mass is 32.1. The fourth-order valence-corrected chi connectivity index (χ4v) is 2.42. The maximum absolute atomic E-state index is 10.7. The van der Waals surface area contributed by atoms with E-state index in [2.05, 4.69) is 6.07 Å². The number of carboxylic acid groups (broad SMARTS) is 1. The second-order valence-corrected chi connectivity index (χ2v) is 4.44. The molecule has 2 heterocycles. The lowest BCUT2D eigenvalue weighted by Gasteiger charge is -2.30. The molecule has 0 aromatic carbocycles. The first-order valence-corrected chi connectivity index (χ1v) is 5.61. The van der Waals surface area contributed by atoms with Crippen LogP contribution >= 0.6 is 11.3 Å². The summed E-state index contributed by atoms with van der Waals surface area (Å²) in [4.78, 5) is 13.0. The van der Waals surface area contributed by atoms with Crippen LogP contribution in [0.5, 0.6) is 0 Å². The van der Waals surface area contributed by atoms with Gasteiger partial charge < -0.3 is 14.7 Å². The van der Waals surface area contributed by atoms with Gasteiger partial charge in [-0.1, -0.05) is 0 Å². The Labute approximate surface area is 96.5 Å². The molecule has 2 rings (SSSR count). The largest absolute Gasteiger partial charge is 0.477 e. The van der Waals surface area contributed by atoms with Gasteiger partial charge in [-0.05, 0) is 12.1 Å². The molecule has 1 aliphatic heterocycles. The molecule has 0 bridgehead atoms. The van der Waals surface area contributed by atoms with Crippen molar-refractivity contribution in [2.24, 2.45) is 0 Å². The lowest BCUT2D eigenvalue weighted by atomic mass is 10.3. The van der Waals surface area contributed by atoms with Crippen LogP contribution in [0, 0.1) is 11.3 Å². The van der Waals surface area contributed by atoms with Crippen molar-refractivity contribution in [3.05, 3.63) is 17.0 Å². The smallest absolute Gasteiger partial charge is 0.345 e. The first kappa shape index (κ1) is 10.9. The summed E-state index contributed by atoms with van der Waals surface area (Å²) in [6, 6.07) is 5.41. The second kappa shape index (κ2) is 4.51. The number of carbonyl (C=O) groups is 1. The van der Waals surface area contributed by atoms with Crippen molar-refractivity contribution in [2.75, 3.05) is 24.6 Å². The number of morpholine rings is 1. The van der Waals surface area contributed by atoms with Crippen LogP contribution in [0.2, 0.25) is 0 Å². The molecule has 6 heteroatoms. The lowest BCUT2D eigenvalue weighted by Crippen LogP contribution is -2.41. The molecule has 0 saturated carbocycles. The van der Waals surface area contributed by atoms with Crippen LogP contribution in [0.25, 0.3) is 0 Å². The summed E-state index contributed by atoms with van der Waals surface area (Å²) >= 11 is 1.22. The Morgan fingerprint density at radius 3 is 3.12 bits per heavy atom. The predicted molar refractivity (Wildman–Crippen MR) is 58.8 cm³/mol. The topological polar surface area (TPSA) is 73.6 Å². The molecule has 1 atom stereocenters. The highest BCUT2D eigenvalue weighted by Gasteiger charge is 2.21. The fourth-order valence-electron chi connectivity index (χ4n) is 1.54. The number of nitriles is 1. The van der Waals surface area contributed by atoms with Crippen molar-refractivity contribution in [1.29, 1.82) is 5.26 Å². The van der Waals surface area contributed by atoms with Crippen LogP contribution in [0.15, 0.2) is 12.1 Å². The van der Waals surface area contributed by atoms with E-state index in [0.717, 1.165) is 5.00 Å². The van der Waals surface area contributed by atoms with Crippen molar-refractivity contribution in [2.45, 2.75) is 6.10 Å². The van der Waals surface area contributed by atoms with Crippen molar-refractivity contribution in [1.82, 2.24) is 0 Å². The third-order valence-corrected chi connectivity index (χ3v) is 3.46. The molecule has 0 spiro atoms. The van der Waals surface area contributed by atoms with Crippen LogP contribution < -0.4 is 4.90 Å².